The first-order chi connectivity index (χ1) is 11.3. The molecule has 0 saturated carbocycles. The van der Waals surface area contributed by atoms with Gasteiger partial charge in [-0.2, -0.15) is 0 Å². The van der Waals surface area contributed by atoms with Crippen molar-refractivity contribution in [2.45, 2.75) is 6.54 Å². The SMILES string of the molecule is O=C(C(=NCc1ccccc1)c1ccccc1)c1ccccc1. The smallest absolute Gasteiger partial charge is 0.211 e. The average molecular weight is 299 g/mol. The van der Waals surface area contributed by atoms with Gasteiger partial charge in [-0.05, 0) is 5.56 Å². The first kappa shape index (κ1) is 14.9. The van der Waals surface area contributed by atoms with Crippen LogP contribution < -0.4 is 0 Å². The fourth-order valence-corrected chi connectivity index (χ4v) is 2.37. The number of benzene rings is 3. The fourth-order valence-electron chi connectivity index (χ4n) is 2.37. The van der Waals surface area contributed by atoms with Crippen LogP contribution in [0.2, 0.25) is 0 Å². The van der Waals surface area contributed by atoms with Gasteiger partial charge in [0, 0.05) is 11.1 Å². The third-order valence-electron chi connectivity index (χ3n) is 3.56. The Morgan fingerprint density at radius 1 is 0.652 bits per heavy atom. The molecule has 0 spiro atoms. The molecule has 0 radical (unpaired) electrons. The molecule has 3 aromatic rings. The van der Waals surface area contributed by atoms with Crippen molar-refractivity contribution in [3.05, 3.63) is 108 Å². The molecule has 2 nitrogen and oxygen atoms in total. The lowest BCUT2D eigenvalue weighted by Gasteiger charge is -2.07. The number of Topliss-reactive ketones (excluding diaryl/α,β-unsaturated/α-hetero) is 1. The van der Waals surface area contributed by atoms with Crippen LogP contribution in [-0.4, -0.2) is 11.5 Å². The summed E-state index contributed by atoms with van der Waals surface area (Å²) in [6.07, 6.45) is 0. The van der Waals surface area contributed by atoms with Crippen LogP contribution in [0.3, 0.4) is 0 Å². The van der Waals surface area contributed by atoms with Gasteiger partial charge < -0.3 is 0 Å². The van der Waals surface area contributed by atoms with Crippen molar-refractivity contribution in [2.24, 2.45) is 4.99 Å². The molecule has 0 aliphatic rings. The summed E-state index contributed by atoms with van der Waals surface area (Å²) in [6.45, 7) is 0.490. The Labute approximate surface area is 136 Å². The van der Waals surface area contributed by atoms with E-state index in [1.807, 2.05) is 91.0 Å². The van der Waals surface area contributed by atoms with Gasteiger partial charge in [-0.3, -0.25) is 9.79 Å². The summed E-state index contributed by atoms with van der Waals surface area (Å²) in [7, 11) is 0. The first-order valence-electron chi connectivity index (χ1n) is 7.58. The monoisotopic (exact) mass is 299 g/mol. The maximum absolute atomic E-state index is 12.8. The van der Waals surface area contributed by atoms with E-state index in [9.17, 15) is 4.79 Å². The third kappa shape index (κ3) is 3.80. The van der Waals surface area contributed by atoms with Gasteiger partial charge in [0.2, 0.25) is 5.78 Å². The quantitative estimate of drug-likeness (QED) is 0.501. The lowest BCUT2D eigenvalue weighted by atomic mass is 10.0. The van der Waals surface area contributed by atoms with Crippen LogP contribution in [0.4, 0.5) is 0 Å². The summed E-state index contributed by atoms with van der Waals surface area (Å²) in [5.41, 5.74) is 3.09. The molecule has 0 heterocycles. The number of aliphatic imine (C=N–C) groups is 1. The van der Waals surface area contributed by atoms with Crippen LogP contribution in [0.25, 0.3) is 0 Å². The van der Waals surface area contributed by atoms with Gasteiger partial charge in [0.05, 0.1) is 6.54 Å². The van der Waals surface area contributed by atoms with Crippen LogP contribution >= 0.6 is 0 Å². The number of rotatable bonds is 5. The van der Waals surface area contributed by atoms with Crippen LogP contribution in [0, 0.1) is 0 Å². The molecule has 3 rings (SSSR count). The van der Waals surface area contributed by atoms with Crippen molar-refractivity contribution < 1.29 is 4.79 Å². The van der Waals surface area contributed by atoms with E-state index in [4.69, 9.17) is 0 Å². The van der Waals surface area contributed by atoms with Crippen LogP contribution in [0.15, 0.2) is 96.0 Å². The van der Waals surface area contributed by atoms with E-state index in [1.54, 1.807) is 0 Å². The molecule has 0 atom stereocenters. The predicted molar refractivity (Wildman–Crippen MR) is 93.9 cm³/mol. The van der Waals surface area contributed by atoms with Gasteiger partial charge in [-0.15, -0.1) is 0 Å². The van der Waals surface area contributed by atoms with E-state index in [-0.39, 0.29) is 5.78 Å². The molecule has 112 valence electrons. The number of carbonyl (C=O) groups excluding carboxylic acids is 1. The minimum atomic E-state index is -0.0484. The van der Waals surface area contributed by atoms with Crippen molar-refractivity contribution in [3.8, 4) is 0 Å². The lowest BCUT2D eigenvalue weighted by molar-refractivity contribution is 0.106. The molecule has 3 aromatic carbocycles. The lowest BCUT2D eigenvalue weighted by Crippen LogP contribution is -2.16. The largest absolute Gasteiger partial charge is 0.287 e. The highest BCUT2D eigenvalue weighted by molar-refractivity contribution is 6.51. The number of carbonyl (C=O) groups is 1. The van der Waals surface area contributed by atoms with Crippen molar-refractivity contribution in [1.29, 1.82) is 0 Å². The maximum Gasteiger partial charge on any atom is 0.211 e. The van der Waals surface area contributed by atoms with Crippen LogP contribution in [-0.2, 0) is 6.54 Å². The number of hydrogen-bond acceptors (Lipinski definition) is 2. The topological polar surface area (TPSA) is 29.4 Å². The highest BCUT2D eigenvalue weighted by atomic mass is 16.1. The summed E-state index contributed by atoms with van der Waals surface area (Å²) < 4.78 is 0. The standard InChI is InChI=1S/C21H17NO/c23-21(19-14-8-3-9-15-19)20(18-12-6-2-7-13-18)22-16-17-10-4-1-5-11-17/h1-15H,16H2. The second-order valence-corrected chi connectivity index (χ2v) is 5.21. The van der Waals surface area contributed by atoms with Gasteiger partial charge in [-0.1, -0.05) is 91.0 Å². The second kappa shape index (κ2) is 7.32. The summed E-state index contributed by atoms with van der Waals surface area (Å²) >= 11 is 0. The summed E-state index contributed by atoms with van der Waals surface area (Å²) in [4.78, 5) is 17.4. The molecular weight excluding hydrogens is 282 g/mol. The van der Waals surface area contributed by atoms with Gasteiger partial charge in [0.15, 0.2) is 0 Å². The Morgan fingerprint density at radius 2 is 1.13 bits per heavy atom. The Bertz CT molecular complexity index is 793. The van der Waals surface area contributed by atoms with Crippen LogP contribution in [0.5, 0.6) is 0 Å². The molecule has 0 unspecified atom stereocenters. The zero-order valence-electron chi connectivity index (χ0n) is 12.7. The van der Waals surface area contributed by atoms with Gasteiger partial charge in [-0.25, -0.2) is 0 Å². The molecular formula is C21H17NO. The second-order valence-electron chi connectivity index (χ2n) is 5.21. The van der Waals surface area contributed by atoms with E-state index in [1.165, 1.54) is 0 Å². The molecule has 0 aromatic heterocycles. The maximum atomic E-state index is 12.8. The van der Waals surface area contributed by atoms with Crippen molar-refractivity contribution in [1.82, 2.24) is 0 Å². The molecule has 23 heavy (non-hydrogen) atoms. The van der Waals surface area contributed by atoms with Gasteiger partial charge in [0.25, 0.3) is 0 Å². The van der Waals surface area contributed by atoms with E-state index in [0.717, 1.165) is 11.1 Å². The van der Waals surface area contributed by atoms with Gasteiger partial charge >= 0.3 is 0 Å². The first-order valence-corrected chi connectivity index (χ1v) is 7.58. The molecule has 0 aliphatic heterocycles. The molecule has 0 fully saturated rings. The Kier molecular flexibility index (Phi) is 4.75. The Hall–Kier alpha value is -3.00. The average Bonchev–Trinajstić information content (AvgIpc) is 2.64. The fraction of sp³-hybridized carbons (Fsp3) is 0.0476. The Morgan fingerprint density at radius 3 is 1.70 bits per heavy atom. The third-order valence-corrected chi connectivity index (χ3v) is 3.56. The highest BCUT2D eigenvalue weighted by Gasteiger charge is 2.15. The molecule has 0 aliphatic carbocycles. The van der Waals surface area contributed by atoms with Crippen molar-refractivity contribution in [2.75, 3.05) is 0 Å². The van der Waals surface area contributed by atoms with E-state index >= 15 is 0 Å². The van der Waals surface area contributed by atoms with Crippen LogP contribution in [0.1, 0.15) is 21.5 Å². The molecule has 2 heteroatoms. The molecule has 0 N–H and O–H groups in total. The number of ketones is 1. The summed E-state index contributed by atoms with van der Waals surface area (Å²) in [6, 6.07) is 28.9. The van der Waals surface area contributed by atoms with Crippen molar-refractivity contribution in [3.63, 3.8) is 0 Å². The molecule has 0 bridgehead atoms. The predicted octanol–water partition coefficient (Wildman–Crippen LogP) is 4.56. The zero-order chi connectivity index (χ0) is 15.9. The molecule has 0 amide bonds. The van der Waals surface area contributed by atoms with Gasteiger partial charge in [0.1, 0.15) is 5.71 Å². The zero-order valence-corrected chi connectivity index (χ0v) is 12.7. The van der Waals surface area contributed by atoms with E-state index < -0.39 is 0 Å². The van der Waals surface area contributed by atoms with E-state index in [2.05, 4.69) is 4.99 Å². The normalized spacial score (nSPS) is 11.2. The highest BCUT2D eigenvalue weighted by Crippen LogP contribution is 2.11. The molecule has 0 saturated heterocycles. The van der Waals surface area contributed by atoms with E-state index in [0.29, 0.717) is 17.8 Å². The minimum Gasteiger partial charge on any atom is -0.287 e. The Balaban J connectivity index is 1.96. The number of nitrogens with zero attached hydrogens (tertiary/aromatic N) is 1. The summed E-state index contributed by atoms with van der Waals surface area (Å²) in [5.74, 6) is -0.0484. The summed E-state index contributed by atoms with van der Waals surface area (Å²) in [5, 5.41) is 0. The number of hydrogen-bond donors (Lipinski definition) is 0. The van der Waals surface area contributed by atoms with Crippen molar-refractivity contribution >= 4 is 11.5 Å². The minimum absolute atomic E-state index is 0.0484.